The fourth-order valence-corrected chi connectivity index (χ4v) is 2.10. The second kappa shape index (κ2) is 6.17. The lowest BCUT2D eigenvalue weighted by molar-refractivity contribution is -0.115. The SMILES string of the molecule is Cc1nc(Cl)ccc1NC(=O)Cc1ccc(Br)cc1. The second-order valence-electron chi connectivity index (χ2n) is 4.12. The smallest absolute Gasteiger partial charge is 0.228 e. The highest BCUT2D eigenvalue weighted by Gasteiger charge is 2.07. The van der Waals surface area contributed by atoms with Crippen LogP contribution in [0.15, 0.2) is 40.9 Å². The zero-order chi connectivity index (χ0) is 13.8. The van der Waals surface area contributed by atoms with Gasteiger partial charge in [0.25, 0.3) is 0 Å². The summed E-state index contributed by atoms with van der Waals surface area (Å²) in [6.45, 7) is 1.81. The first-order valence-corrected chi connectivity index (χ1v) is 6.89. The van der Waals surface area contributed by atoms with Gasteiger partial charge in [-0.2, -0.15) is 0 Å². The molecule has 0 atom stereocenters. The summed E-state index contributed by atoms with van der Waals surface area (Å²) in [5, 5.41) is 3.25. The van der Waals surface area contributed by atoms with Crippen LogP contribution in [0, 0.1) is 6.92 Å². The van der Waals surface area contributed by atoms with E-state index in [1.54, 1.807) is 19.1 Å². The third-order valence-corrected chi connectivity index (χ3v) is 3.34. The summed E-state index contributed by atoms with van der Waals surface area (Å²) >= 11 is 9.13. The molecule has 0 unspecified atom stereocenters. The van der Waals surface area contributed by atoms with Crippen LogP contribution in [-0.2, 0) is 11.2 Å². The molecule has 0 radical (unpaired) electrons. The second-order valence-corrected chi connectivity index (χ2v) is 5.42. The molecule has 0 saturated carbocycles. The van der Waals surface area contributed by atoms with Crippen LogP contribution in [0.1, 0.15) is 11.3 Å². The summed E-state index contributed by atoms with van der Waals surface area (Å²) in [7, 11) is 0. The van der Waals surface area contributed by atoms with Crippen LogP contribution in [0.5, 0.6) is 0 Å². The number of halogens is 2. The minimum atomic E-state index is -0.0745. The maximum absolute atomic E-state index is 11.9. The van der Waals surface area contributed by atoms with Crippen molar-refractivity contribution in [2.75, 3.05) is 5.32 Å². The molecule has 19 heavy (non-hydrogen) atoms. The number of hydrogen-bond donors (Lipinski definition) is 1. The van der Waals surface area contributed by atoms with E-state index < -0.39 is 0 Å². The number of amides is 1. The van der Waals surface area contributed by atoms with Gasteiger partial charge in [0.05, 0.1) is 17.8 Å². The number of pyridine rings is 1. The van der Waals surface area contributed by atoms with Gasteiger partial charge >= 0.3 is 0 Å². The summed E-state index contributed by atoms with van der Waals surface area (Å²) in [6.07, 6.45) is 0.329. The molecule has 0 aliphatic rings. The predicted octanol–water partition coefficient (Wildman–Crippen LogP) is 3.99. The highest BCUT2D eigenvalue weighted by molar-refractivity contribution is 9.10. The molecular weight excluding hydrogens is 328 g/mol. The van der Waals surface area contributed by atoms with Crippen molar-refractivity contribution in [3.63, 3.8) is 0 Å². The first kappa shape index (κ1) is 14.0. The lowest BCUT2D eigenvalue weighted by Gasteiger charge is -2.08. The van der Waals surface area contributed by atoms with Crippen molar-refractivity contribution in [1.29, 1.82) is 0 Å². The van der Waals surface area contributed by atoms with Gasteiger partial charge < -0.3 is 5.32 Å². The van der Waals surface area contributed by atoms with Gasteiger partial charge in [-0.3, -0.25) is 4.79 Å². The van der Waals surface area contributed by atoms with Crippen LogP contribution in [0.3, 0.4) is 0 Å². The van der Waals surface area contributed by atoms with Gasteiger partial charge in [0, 0.05) is 4.47 Å². The fourth-order valence-electron chi connectivity index (χ4n) is 1.64. The number of carbonyl (C=O) groups is 1. The Bertz CT molecular complexity index is 599. The van der Waals surface area contributed by atoms with Gasteiger partial charge in [-0.15, -0.1) is 0 Å². The number of aryl methyl sites for hydroxylation is 1. The van der Waals surface area contributed by atoms with Crippen molar-refractivity contribution in [2.45, 2.75) is 13.3 Å². The molecule has 3 nitrogen and oxygen atoms in total. The molecule has 0 bridgehead atoms. The Morgan fingerprint density at radius 3 is 2.58 bits per heavy atom. The summed E-state index contributed by atoms with van der Waals surface area (Å²) in [6, 6.07) is 11.1. The van der Waals surface area contributed by atoms with E-state index in [0.29, 0.717) is 23.0 Å². The lowest BCUT2D eigenvalue weighted by atomic mass is 10.1. The Kier molecular flexibility index (Phi) is 4.56. The Hall–Kier alpha value is -1.39. The highest BCUT2D eigenvalue weighted by atomic mass is 79.9. The standard InChI is InChI=1S/C14H12BrClN2O/c1-9-12(6-7-13(16)17-9)18-14(19)8-10-2-4-11(15)5-3-10/h2-7H,8H2,1H3,(H,18,19). The van der Waals surface area contributed by atoms with E-state index >= 15 is 0 Å². The van der Waals surface area contributed by atoms with E-state index in [1.807, 2.05) is 24.3 Å². The number of nitrogens with one attached hydrogen (secondary N) is 1. The van der Waals surface area contributed by atoms with E-state index in [4.69, 9.17) is 11.6 Å². The molecule has 1 aromatic carbocycles. The maximum atomic E-state index is 11.9. The third-order valence-electron chi connectivity index (χ3n) is 2.60. The van der Waals surface area contributed by atoms with E-state index in [1.165, 1.54) is 0 Å². The van der Waals surface area contributed by atoms with E-state index in [2.05, 4.69) is 26.2 Å². The maximum Gasteiger partial charge on any atom is 0.228 e. The molecule has 2 rings (SSSR count). The van der Waals surface area contributed by atoms with Gasteiger partial charge in [-0.1, -0.05) is 39.7 Å². The molecule has 98 valence electrons. The topological polar surface area (TPSA) is 42.0 Å². The minimum Gasteiger partial charge on any atom is -0.324 e. The molecule has 1 aromatic heterocycles. The number of carbonyl (C=O) groups excluding carboxylic acids is 1. The third kappa shape index (κ3) is 4.04. The number of aromatic nitrogens is 1. The Morgan fingerprint density at radius 1 is 1.26 bits per heavy atom. The van der Waals surface area contributed by atoms with E-state index in [-0.39, 0.29) is 5.91 Å². The van der Waals surface area contributed by atoms with E-state index in [0.717, 1.165) is 10.0 Å². The average molecular weight is 340 g/mol. The summed E-state index contributed by atoms with van der Waals surface area (Å²) < 4.78 is 0.995. The Morgan fingerprint density at radius 2 is 1.95 bits per heavy atom. The van der Waals surface area contributed by atoms with Gasteiger partial charge in [0.15, 0.2) is 0 Å². The van der Waals surface area contributed by atoms with Crippen molar-refractivity contribution in [3.05, 3.63) is 57.3 Å². The molecule has 1 amide bonds. The van der Waals surface area contributed by atoms with Crippen molar-refractivity contribution in [1.82, 2.24) is 4.98 Å². The van der Waals surface area contributed by atoms with Crippen molar-refractivity contribution < 1.29 is 4.79 Å². The molecule has 2 aromatic rings. The first-order valence-electron chi connectivity index (χ1n) is 5.72. The quantitative estimate of drug-likeness (QED) is 0.859. The van der Waals surface area contributed by atoms with Crippen LogP contribution in [0.25, 0.3) is 0 Å². The molecule has 0 aliphatic carbocycles. The summed E-state index contributed by atoms with van der Waals surface area (Å²) in [4.78, 5) is 16.0. The number of hydrogen-bond acceptors (Lipinski definition) is 2. The number of benzene rings is 1. The molecule has 0 fully saturated rings. The van der Waals surface area contributed by atoms with Gasteiger partial charge in [0.1, 0.15) is 5.15 Å². The molecular formula is C14H12BrClN2O. The highest BCUT2D eigenvalue weighted by Crippen LogP contribution is 2.16. The van der Waals surface area contributed by atoms with Gasteiger partial charge in [0.2, 0.25) is 5.91 Å². The van der Waals surface area contributed by atoms with Crippen LogP contribution in [0.4, 0.5) is 5.69 Å². The largest absolute Gasteiger partial charge is 0.324 e. The molecule has 1 heterocycles. The molecule has 1 N–H and O–H groups in total. The Labute approximate surface area is 125 Å². The molecule has 0 saturated heterocycles. The minimum absolute atomic E-state index is 0.0745. The number of anilines is 1. The van der Waals surface area contributed by atoms with Crippen LogP contribution >= 0.6 is 27.5 Å². The van der Waals surface area contributed by atoms with Gasteiger partial charge in [-0.05, 0) is 36.8 Å². The zero-order valence-electron chi connectivity index (χ0n) is 10.3. The van der Waals surface area contributed by atoms with Crippen molar-refractivity contribution in [2.24, 2.45) is 0 Å². The van der Waals surface area contributed by atoms with Gasteiger partial charge in [-0.25, -0.2) is 4.98 Å². The lowest BCUT2D eigenvalue weighted by Crippen LogP contribution is -2.15. The van der Waals surface area contributed by atoms with Crippen LogP contribution in [-0.4, -0.2) is 10.9 Å². The molecule has 0 aliphatic heterocycles. The summed E-state index contributed by atoms with van der Waals surface area (Å²) in [5.41, 5.74) is 2.35. The van der Waals surface area contributed by atoms with E-state index in [9.17, 15) is 4.79 Å². The summed E-state index contributed by atoms with van der Waals surface area (Å²) in [5.74, 6) is -0.0745. The first-order chi connectivity index (χ1) is 9.04. The average Bonchev–Trinajstić information content (AvgIpc) is 2.36. The predicted molar refractivity (Wildman–Crippen MR) is 80.5 cm³/mol. The molecule has 5 heteroatoms. The Balaban J connectivity index is 2.03. The number of nitrogens with zero attached hydrogens (tertiary/aromatic N) is 1. The zero-order valence-corrected chi connectivity index (χ0v) is 12.6. The molecule has 0 spiro atoms. The monoisotopic (exact) mass is 338 g/mol. The van der Waals surface area contributed by atoms with Crippen molar-refractivity contribution in [3.8, 4) is 0 Å². The van der Waals surface area contributed by atoms with Crippen LogP contribution in [0.2, 0.25) is 5.15 Å². The fraction of sp³-hybridized carbons (Fsp3) is 0.143. The van der Waals surface area contributed by atoms with Crippen LogP contribution < -0.4 is 5.32 Å². The normalized spacial score (nSPS) is 10.3. The van der Waals surface area contributed by atoms with Crippen molar-refractivity contribution >= 4 is 39.1 Å². The number of rotatable bonds is 3.